The molecule has 1 rings (SSSR count). The Labute approximate surface area is 108 Å². The van der Waals surface area contributed by atoms with E-state index in [1.807, 2.05) is 0 Å². The molecule has 0 aliphatic rings. The molecular weight excluding hydrogens is 222 g/mol. The van der Waals surface area contributed by atoms with Crippen LogP contribution in [0.25, 0.3) is 0 Å². The standard InChI is InChI=1S/C15H28NSi/c1-7-12-16(2,3)13-14-10-8-9-11-15(14)17(4,5)6/h8-11H,7,12-13H2,1-6H3/q+1. The quantitative estimate of drug-likeness (QED) is 0.556. The van der Waals surface area contributed by atoms with Gasteiger partial charge >= 0.3 is 0 Å². The van der Waals surface area contributed by atoms with Crippen molar-refractivity contribution in [2.24, 2.45) is 0 Å². The average molecular weight is 250 g/mol. The second-order valence-corrected chi connectivity index (χ2v) is 11.8. The van der Waals surface area contributed by atoms with Gasteiger partial charge in [0, 0.05) is 5.56 Å². The zero-order chi connectivity index (χ0) is 13.1. The Bertz CT molecular complexity index is 363. The molecule has 0 saturated heterocycles. The fourth-order valence-corrected chi connectivity index (χ4v) is 4.26. The summed E-state index contributed by atoms with van der Waals surface area (Å²) >= 11 is 0. The molecule has 0 N–H and O–H groups in total. The number of benzene rings is 1. The Kier molecular flexibility index (Phi) is 4.56. The first kappa shape index (κ1) is 14.5. The maximum absolute atomic E-state index is 2.44. The largest absolute Gasteiger partial charge is 0.325 e. The van der Waals surface area contributed by atoms with Crippen LogP contribution in [0.2, 0.25) is 19.6 Å². The van der Waals surface area contributed by atoms with Gasteiger partial charge in [0.1, 0.15) is 6.54 Å². The summed E-state index contributed by atoms with van der Waals surface area (Å²) in [5, 5.41) is 1.63. The van der Waals surface area contributed by atoms with Crippen molar-refractivity contribution in [3.05, 3.63) is 29.8 Å². The number of hydrogen-bond acceptors (Lipinski definition) is 0. The topological polar surface area (TPSA) is 0 Å². The van der Waals surface area contributed by atoms with Gasteiger partial charge in [0.25, 0.3) is 0 Å². The molecule has 1 nitrogen and oxygen atoms in total. The zero-order valence-electron chi connectivity index (χ0n) is 12.4. The molecule has 2 heteroatoms. The Balaban J connectivity index is 2.99. The first-order valence-electron chi connectivity index (χ1n) is 6.66. The normalized spacial score (nSPS) is 12.8. The van der Waals surface area contributed by atoms with Gasteiger partial charge in [-0.2, -0.15) is 0 Å². The van der Waals surface area contributed by atoms with E-state index in [1.54, 1.807) is 10.8 Å². The van der Waals surface area contributed by atoms with Crippen molar-refractivity contribution in [3.8, 4) is 0 Å². The first-order valence-corrected chi connectivity index (χ1v) is 10.2. The molecule has 0 fully saturated rings. The van der Waals surface area contributed by atoms with E-state index in [9.17, 15) is 0 Å². The Morgan fingerprint density at radius 1 is 1.06 bits per heavy atom. The van der Waals surface area contributed by atoms with Crippen LogP contribution < -0.4 is 5.19 Å². The third kappa shape index (κ3) is 4.28. The third-order valence-corrected chi connectivity index (χ3v) is 5.36. The molecule has 0 atom stereocenters. The molecule has 0 spiro atoms. The lowest BCUT2D eigenvalue weighted by atomic mass is 10.2. The minimum absolute atomic E-state index is 1.10. The highest BCUT2D eigenvalue weighted by Crippen LogP contribution is 2.12. The van der Waals surface area contributed by atoms with Crippen molar-refractivity contribution >= 4 is 13.3 Å². The first-order chi connectivity index (χ1) is 7.76. The molecule has 0 heterocycles. The number of hydrogen-bond donors (Lipinski definition) is 0. The van der Waals surface area contributed by atoms with E-state index in [0.29, 0.717) is 0 Å². The van der Waals surface area contributed by atoms with Gasteiger partial charge in [-0.15, -0.1) is 0 Å². The van der Waals surface area contributed by atoms with Crippen LogP contribution in [0.1, 0.15) is 18.9 Å². The third-order valence-electron chi connectivity index (χ3n) is 3.25. The van der Waals surface area contributed by atoms with Crippen molar-refractivity contribution in [2.45, 2.75) is 39.5 Å². The van der Waals surface area contributed by atoms with Crippen molar-refractivity contribution in [1.82, 2.24) is 0 Å². The monoisotopic (exact) mass is 250 g/mol. The molecule has 0 bridgehead atoms. The number of quaternary nitrogens is 1. The highest BCUT2D eigenvalue weighted by Gasteiger charge is 2.23. The molecule has 0 aliphatic heterocycles. The second kappa shape index (κ2) is 5.36. The molecule has 1 aromatic rings. The Morgan fingerprint density at radius 3 is 2.18 bits per heavy atom. The summed E-state index contributed by atoms with van der Waals surface area (Å²) in [6, 6.07) is 9.04. The summed E-state index contributed by atoms with van der Waals surface area (Å²) in [5.74, 6) is 0. The fourth-order valence-electron chi connectivity index (χ4n) is 2.54. The minimum atomic E-state index is -1.21. The summed E-state index contributed by atoms with van der Waals surface area (Å²) in [6.07, 6.45) is 1.25. The van der Waals surface area contributed by atoms with E-state index in [0.717, 1.165) is 11.0 Å². The maximum Gasteiger partial charge on any atom is 0.104 e. The van der Waals surface area contributed by atoms with Crippen molar-refractivity contribution < 1.29 is 4.48 Å². The van der Waals surface area contributed by atoms with Gasteiger partial charge in [-0.3, -0.25) is 0 Å². The van der Waals surface area contributed by atoms with Crippen molar-refractivity contribution in [1.29, 1.82) is 0 Å². The molecule has 0 aliphatic carbocycles. The highest BCUT2D eigenvalue weighted by molar-refractivity contribution is 6.89. The van der Waals surface area contributed by atoms with E-state index in [2.05, 4.69) is 64.9 Å². The Hall–Kier alpha value is -0.603. The van der Waals surface area contributed by atoms with Crippen molar-refractivity contribution in [2.75, 3.05) is 20.6 Å². The van der Waals surface area contributed by atoms with Gasteiger partial charge < -0.3 is 4.48 Å². The van der Waals surface area contributed by atoms with Crippen LogP contribution in [0.3, 0.4) is 0 Å². The summed E-state index contributed by atoms with van der Waals surface area (Å²) < 4.78 is 1.10. The van der Waals surface area contributed by atoms with E-state index < -0.39 is 8.07 Å². The van der Waals surface area contributed by atoms with Gasteiger partial charge in [0.2, 0.25) is 0 Å². The second-order valence-electron chi connectivity index (χ2n) is 6.72. The van der Waals surface area contributed by atoms with Gasteiger partial charge in [0.05, 0.1) is 28.7 Å². The van der Waals surface area contributed by atoms with Gasteiger partial charge in [-0.1, -0.05) is 56.0 Å². The molecule has 0 aromatic heterocycles. The molecule has 0 unspecified atom stereocenters. The van der Waals surface area contributed by atoms with E-state index in [-0.39, 0.29) is 0 Å². The van der Waals surface area contributed by atoms with Crippen LogP contribution in [0, 0.1) is 0 Å². The Morgan fingerprint density at radius 2 is 1.65 bits per heavy atom. The van der Waals surface area contributed by atoms with Gasteiger partial charge in [-0.05, 0) is 6.42 Å². The van der Waals surface area contributed by atoms with Crippen molar-refractivity contribution in [3.63, 3.8) is 0 Å². The molecular formula is C15H28NSi+. The summed E-state index contributed by atoms with van der Waals surface area (Å²) in [5.41, 5.74) is 1.56. The van der Waals surface area contributed by atoms with Gasteiger partial charge in [0.15, 0.2) is 0 Å². The SMILES string of the molecule is CCC[N+](C)(C)Cc1ccccc1[Si](C)(C)C. The molecule has 0 radical (unpaired) electrons. The van der Waals surface area contributed by atoms with E-state index in [4.69, 9.17) is 0 Å². The maximum atomic E-state index is 2.44. The van der Waals surface area contributed by atoms with Crippen LogP contribution >= 0.6 is 0 Å². The van der Waals surface area contributed by atoms with Gasteiger partial charge in [-0.25, -0.2) is 0 Å². The highest BCUT2D eigenvalue weighted by atomic mass is 28.3. The summed E-state index contributed by atoms with van der Waals surface area (Å²) in [6.45, 7) is 12.0. The average Bonchev–Trinajstić information content (AvgIpc) is 2.15. The van der Waals surface area contributed by atoms with Crippen LogP contribution in [0.5, 0.6) is 0 Å². The minimum Gasteiger partial charge on any atom is -0.325 e. The lowest BCUT2D eigenvalue weighted by Crippen LogP contribution is -2.45. The van der Waals surface area contributed by atoms with Crippen LogP contribution in [0.4, 0.5) is 0 Å². The summed E-state index contributed by atoms with van der Waals surface area (Å²) in [7, 11) is 3.46. The van der Waals surface area contributed by atoms with Crippen LogP contribution in [-0.2, 0) is 6.54 Å². The smallest absolute Gasteiger partial charge is 0.104 e. The molecule has 1 aromatic carbocycles. The summed E-state index contributed by atoms with van der Waals surface area (Å²) in [4.78, 5) is 0. The zero-order valence-corrected chi connectivity index (χ0v) is 13.4. The molecule has 17 heavy (non-hydrogen) atoms. The predicted molar refractivity (Wildman–Crippen MR) is 80.4 cm³/mol. The number of rotatable bonds is 5. The van der Waals surface area contributed by atoms with E-state index in [1.165, 1.54) is 13.0 Å². The molecule has 96 valence electrons. The molecule has 0 amide bonds. The molecule has 0 saturated carbocycles. The van der Waals surface area contributed by atoms with E-state index >= 15 is 0 Å². The fraction of sp³-hybridized carbons (Fsp3) is 0.600. The van der Waals surface area contributed by atoms with Crippen LogP contribution in [-0.4, -0.2) is 33.2 Å². The number of nitrogens with zero attached hydrogens (tertiary/aromatic N) is 1. The van der Waals surface area contributed by atoms with Crippen LogP contribution in [0.15, 0.2) is 24.3 Å². The predicted octanol–water partition coefficient (Wildman–Crippen LogP) is 3.22. The lowest BCUT2D eigenvalue weighted by Gasteiger charge is -2.32. The lowest BCUT2D eigenvalue weighted by molar-refractivity contribution is -0.903.